The summed E-state index contributed by atoms with van der Waals surface area (Å²) in [7, 11) is 0. The molecule has 0 spiro atoms. The van der Waals surface area contributed by atoms with Crippen molar-refractivity contribution in [3.63, 3.8) is 0 Å². The molecule has 0 fully saturated rings. The first-order chi connectivity index (χ1) is 12.3. The normalized spacial score (nSPS) is 10.5. The summed E-state index contributed by atoms with van der Waals surface area (Å²) < 4.78 is 15.1. The van der Waals surface area contributed by atoms with Gasteiger partial charge in [-0.1, -0.05) is 5.16 Å². The number of esters is 2. The van der Waals surface area contributed by atoms with Crippen molar-refractivity contribution in [2.75, 3.05) is 18.5 Å². The van der Waals surface area contributed by atoms with Crippen LogP contribution < -0.4 is 5.32 Å². The van der Waals surface area contributed by atoms with Crippen LogP contribution >= 0.6 is 11.3 Å². The molecule has 140 valence electrons. The lowest BCUT2D eigenvalue weighted by atomic mass is 10.1. The number of thiophene rings is 1. The Labute approximate surface area is 154 Å². The molecule has 8 nitrogen and oxygen atoms in total. The van der Waals surface area contributed by atoms with Crippen LogP contribution in [0.1, 0.15) is 61.3 Å². The predicted octanol–water partition coefficient (Wildman–Crippen LogP) is 3.27. The van der Waals surface area contributed by atoms with E-state index < -0.39 is 17.8 Å². The molecule has 1 N–H and O–H groups in total. The third-order valence-electron chi connectivity index (χ3n) is 3.57. The third kappa shape index (κ3) is 3.77. The van der Waals surface area contributed by atoms with Crippen molar-refractivity contribution in [1.29, 1.82) is 0 Å². The number of nitrogens with zero attached hydrogens (tertiary/aromatic N) is 1. The summed E-state index contributed by atoms with van der Waals surface area (Å²) in [6.07, 6.45) is 0. The van der Waals surface area contributed by atoms with E-state index in [2.05, 4.69) is 10.5 Å². The Morgan fingerprint density at radius 2 is 1.65 bits per heavy atom. The van der Waals surface area contributed by atoms with Crippen LogP contribution in [0.3, 0.4) is 0 Å². The minimum absolute atomic E-state index is 0.139. The molecule has 0 aliphatic rings. The molecule has 0 aliphatic carbocycles. The molecule has 0 saturated carbocycles. The van der Waals surface area contributed by atoms with Gasteiger partial charge in [0.15, 0.2) is 0 Å². The highest BCUT2D eigenvalue weighted by atomic mass is 32.1. The highest BCUT2D eigenvalue weighted by Gasteiger charge is 2.28. The fraction of sp³-hybridized carbons (Fsp3) is 0.412. The zero-order valence-electron chi connectivity index (χ0n) is 15.2. The quantitative estimate of drug-likeness (QED) is 0.766. The maximum atomic E-state index is 12.6. The Bertz CT molecular complexity index is 832. The molecule has 0 aromatic carbocycles. The number of nitrogens with one attached hydrogen (secondary N) is 1. The monoisotopic (exact) mass is 380 g/mol. The average Bonchev–Trinajstić information content (AvgIpc) is 3.07. The third-order valence-corrected chi connectivity index (χ3v) is 4.76. The highest BCUT2D eigenvalue weighted by molar-refractivity contribution is 7.18. The molecule has 2 aromatic heterocycles. The van der Waals surface area contributed by atoms with Gasteiger partial charge in [0, 0.05) is 0 Å². The van der Waals surface area contributed by atoms with Gasteiger partial charge in [0.25, 0.3) is 5.91 Å². The first-order valence-corrected chi connectivity index (χ1v) is 8.85. The number of carbonyl (C=O) groups excluding carboxylic acids is 3. The maximum Gasteiger partial charge on any atom is 0.348 e. The number of anilines is 1. The van der Waals surface area contributed by atoms with Gasteiger partial charge in [-0.05, 0) is 40.2 Å². The van der Waals surface area contributed by atoms with Gasteiger partial charge in [0.2, 0.25) is 0 Å². The Hall–Kier alpha value is -2.68. The maximum absolute atomic E-state index is 12.6. The Morgan fingerprint density at radius 3 is 2.19 bits per heavy atom. The van der Waals surface area contributed by atoms with Gasteiger partial charge in [0.05, 0.1) is 24.5 Å². The van der Waals surface area contributed by atoms with Gasteiger partial charge >= 0.3 is 11.9 Å². The van der Waals surface area contributed by atoms with Crippen molar-refractivity contribution in [2.45, 2.75) is 34.6 Å². The summed E-state index contributed by atoms with van der Waals surface area (Å²) in [5, 5.41) is 6.62. The molecule has 1 amide bonds. The van der Waals surface area contributed by atoms with Gasteiger partial charge in [-0.15, -0.1) is 11.3 Å². The van der Waals surface area contributed by atoms with Crippen molar-refractivity contribution in [3.05, 3.63) is 33.0 Å². The van der Waals surface area contributed by atoms with Crippen LogP contribution in [-0.4, -0.2) is 36.2 Å². The smallest absolute Gasteiger partial charge is 0.348 e. The van der Waals surface area contributed by atoms with E-state index in [1.54, 1.807) is 34.6 Å². The second kappa shape index (κ2) is 8.13. The lowest BCUT2D eigenvalue weighted by Gasteiger charge is -2.07. The van der Waals surface area contributed by atoms with E-state index in [1.807, 2.05) is 0 Å². The molecule has 26 heavy (non-hydrogen) atoms. The van der Waals surface area contributed by atoms with E-state index in [-0.39, 0.29) is 34.2 Å². The van der Waals surface area contributed by atoms with Crippen LogP contribution in [0.25, 0.3) is 0 Å². The van der Waals surface area contributed by atoms with Crippen LogP contribution in [0.2, 0.25) is 0 Å². The summed E-state index contributed by atoms with van der Waals surface area (Å²) in [5.74, 6) is -1.30. The van der Waals surface area contributed by atoms with Gasteiger partial charge in [-0.25, -0.2) is 9.59 Å². The topological polar surface area (TPSA) is 108 Å². The molecule has 0 unspecified atom stereocenters. The fourth-order valence-electron chi connectivity index (χ4n) is 2.41. The number of aromatic nitrogens is 1. The molecule has 2 rings (SSSR count). The summed E-state index contributed by atoms with van der Waals surface area (Å²) >= 11 is 0.967. The Kier molecular flexibility index (Phi) is 6.14. The lowest BCUT2D eigenvalue weighted by Crippen LogP contribution is -2.16. The SMILES string of the molecule is CCOC(=O)c1sc(NC(=O)c2c(C)noc2C)c(C(=O)OCC)c1C. The molecule has 2 aromatic rings. The zero-order chi connectivity index (χ0) is 19.4. The fourth-order valence-corrected chi connectivity index (χ4v) is 3.50. The van der Waals surface area contributed by atoms with Gasteiger partial charge in [-0.3, -0.25) is 4.79 Å². The van der Waals surface area contributed by atoms with Crippen LogP contribution in [0.4, 0.5) is 5.00 Å². The Morgan fingerprint density at radius 1 is 1.04 bits per heavy atom. The average molecular weight is 380 g/mol. The van der Waals surface area contributed by atoms with E-state index >= 15 is 0 Å². The first-order valence-electron chi connectivity index (χ1n) is 8.03. The number of hydrogen-bond donors (Lipinski definition) is 1. The number of amides is 1. The number of aryl methyl sites for hydroxylation is 2. The van der Waals surface area contributed by atoms with E-state index in [9.17, 15) is 14.4 Å². The second-order valence-corrected chi connectivity index (χ2v) is 6.38. The highest BCUT2D eigenvalue weighted by Crippen LogP contribution is 2.35. The lowest BCUT2D eigenvalue weighted by molar-refractivity contribution is 0.0527. The van der Waals surface area contributed by atoms with Crippen LogP contribution in [-0.2, 0) is 9.47 Å². The molecule has 2 heterocycles. The number of ether oxygens (including phenoxy) is 2. The summed E-state index contributed by atoms with van der Waals surface area (Å²) in [6.45, 7) is 8.60. The summed E-state index contributed by atoms with van der Waals surface area (Å²) in [6, 6.07) is 0. The number of carbonyl (C=O) groups is 3. The minimum atomic E-state index is -0.620. The van der Waals surface area contributed by atoms with Gasteiger partial charge in [-0.2, -0.15) is 0 Å². The minimum Gasteiger partial charge on any atom is -0.462 e. The molecule has 0 radical (unpaired) electrons. The summed E-state index contributed by atoms with van der Waals surface area (Å²) in [4.78, 5) is 37.3. The first kappa shape index (κ1) is 19.6. The van der Waals surface area contributed by atoms with Crippen LogP contribution in [0.15, 0.2) is 4.52 Å². The number of hydrogen-bond acceptors (Lipinski definition) is 8. The Balaban J connectivity index is 2.45. The molecule has 0 aliphatic heterocycles. The number of rotatable bonds is 6. The van der Waals surface area contributed by atoms with Crippen LogP contribution in [0, 0.1) is 20.8 Å². The van der Waals surface area contributed by atoms with E-state index in [0.29, 0.717) is 17.0 Å². The van der Waals surface area contributed by atoms with Crippen molar-refractivity contribution < 1.29 is 28.4 Å². The summed E-state index contributed by atoms with van der Waals surface area (Å²) in [5.41, 5.74) is 1.25. The van der Waals surface area contributed by atoms with Crippen molar-refractivity contribution in [2.24, 2.45) is 0 Å². The van der Waals surface area contributed by atoms with Crippen molar-refractivity contribution in [1.82, 2.24) is 5.16 Å². The molecule has 0 saturated heterocycles. The van der Waals surface area contributed by atoms with Crippen molar-refractivity contribution >= 4 is 34.2 Å². The molecular weight excluding hydrogens is 360 g/mol. The van der Waals surface area contributed by atoms with E-state index in [0.717, 1.165) is 11.3 Å². The van der Waals surface area contributed by atoms with Gasteiger partial charge in [0.1, 0.15) is 21.2 Å². The zero-order valence-corrected chi connectivity index (χ0v) is 16.0. The largest absolute Gasteiger partial charge is 0.462 e. The predicted molar refractivity (Wildman–Crippen MR) is 94.9 cm³/mol. The van der Waals surface area contributed by atoms with E-state index in [4.69, 9.17) is 14.0 Å². The van der Waals surface area contributed by atoms with Crippen molar-refractivity contribution in [3.8, 4) is 0 Å². The van der Waals surface area contributed by atoms with Gasteiger partial charge < -0.3 is 19.3 Å². The molecule has 0 atom stereocenters. The molecule has 9 heteroatoms. The molecule has 0 bridgehead atoms. The van der Waals surface area contributed by atoms with Crippen LogP contribution in [0.5, 0.6) is 0 Å². The standard InChI is InChI=1S/C17H20N2O6S/c1-6-23-16(21)11-8(3)13(17(22)24-7-2)26-15(11)18-14(20)12-9(4)19-25-10(12)5/h6-7H2,1-5H3,(H,18,20). The molecular formula is C17H20N2O6S. The second-order valence-electron chi connectivity index (χ2n) is 5.35. The van der Waals surface area contributed by atoms with E-state index in [1.165, 1.54) is 0 Å².